The van der Waals surface area contributed by atoms with Crippen LogP contribution in [-0.4, -0.2) is 30.7 Å². The Bertz CT molecular complexity index is 500. The summed E-state index contributed by atoms with van der Waals surface area (Å²) in [5.74, 6) is 1.04. The highest BCUT2D eigenvalue weighted by Gasteiger charge is 2.24. The van der Waals surface area contributed by atoms with E-state index in [9.17, 15) is 9.90 Å². The van der Waals surface area contributed by atoms with Crippen molar-refractivity contribution in [3.8, 4) is 5.75 Å². The molecule has 0 aliphatic carbocycles. The fourth-order valence-corrected chi connectivity index (χ4v) is 2.92. The summed E-state index contributed by atoms with van der Waals surface area (Å²) >= 11 is 7.85. The number of amides is 1. The topological polar surface area (TPSA) is 49.8 Å². The van der Waals surface area contributed by atoms with Gasteiger partial charge in [-0.05, 0) is 40.1 Å². The highest BCUT2D eigenvalue weighted by Crippen LogP contribution is 2.38. The van der Waals surface area contributed by atoms with Gasteiger partial charge in [-0.2, -0.15) is 0 Å². The van der Waals surface area contributed by atoms with E-state index < -0.39 is 6.09 Å². The van der Waals surface area contributed by atoms with Crippen LogP contribution in [0.5, 0.6) is 5.75 Å². The molecule has 0 aliphatic rings. The second-order valence-electron chi connectivity index (χ2n) is 5.38. The highest BCUT2D eigenvalue weighted by atomic mass is 127. The third kappa shape index (κ3) is 3.91. The van der Waals surface area contributed by atoms with Crippen molar-refractivity contribution in [3.05, 3.63) is 21.3 Å². The van der Waals surface area contributed by atoms with Crippen molar-refractivity contribution < 1.29 is 14.6 Å². The second-order valence-corrected chi connectivity index (χ2v) is 6.92. The Hall–Kier alpha value is -0.690. The van der Waals surface area contributed by atoms with E-state index >= 15 is 0 Å². The molecule has 0 fully saturated rings. The molecule has 0 saturated carbocycles. The van der Waals surface area contributed by atoms with Gasteiger partial charge in [0.25, 0.3) is 0 Å². The summed E-state index contributed by atoms with van der Waals surface area (Å²) in [4.78, 5) is 12.6. The molecule has 0 bridgehead atoms. The molecule has 1 aromatic rings. The van der Waals surface area contributed by atoms with E-state index in [4.69, 9.17) is 16.3 Å². The van der Waals surface area contributed by atoms with Crippen LogP contribution in [0, 0.1) is 3.57 Å². The Balaban J connectivity index is 3.43. The van der Waals surface area contributed by atoms with Crippen molar-refractivity contribution in [2.45, 2.75) is 26.2 Å². The Labute approximate surface area is 138 Å². The predicted octanol–water partition coefficient (Wildman–Crippen LogP) is 4.32. The fourth-order valence-electron chi connectivity index (χ4n) is 1.92. The van der Waals surface area contributed by atoms with Gasteiger partial charge < -0.3 is 9.84 Å². The van der Waals surface area contributed by atoms with Crippen LogP contribution in [0.1, 0.15) is 26.3 Å². The standard InChI is InChI=1S/C14H19ClINO3/c1-14(2,3)10-7-9(8-11(16)12(10)20-4)17(6-5-15)13(18)19/h7-8H,5-6H2,1-4H3,(H,18,19). The zero-order valence-electron chi connectivity index (χ0n) is 12.0. The quantitative estimate of drug-likeness (QED) is 0.593. The van der Waals surface area contributed by atoms with Crippen molar-refractivity contribution in [2.75, 3.05) is 24.4 Å². The van der Waals surface area contributed by atoms with Crippen LogP contribution in [0.4, 0.5) is 10.5 Å². The first-order chi connectivity index (χ1) is 9.22. The van der Waals surface area contributed by atoms with Crippen LogP contribution >= 0.6 is 34.2 Å². The maximum Gasteiger partial charge on any atom is 0.411 e. The van der Waals surface area contributed by atoms with E-state index in [1.807, 2.05) is 6.07 Å². The summed E-state index contributed by atoms with van der Waals surface area (Å²) in [6, 6.07) is 3.66. The first-order valence-corrected chi connectivity index (χ1v) is 7.78. The molecule has 6 heteroatoms. The lowest BCUT2D eigenvalue weighted by atomic mass is 9.86. The Morgan fingerprint density at radius 3 is 2.45 bits per heavy atom. The number of hydrogen-bond donors (Lipinski definition) is 1. The van der Waals surface area contributed by atoms with Gasteiger partial charge in [0.2, 0.25) is 0 Å². The average molecular weight is 412 g/mol. The molecule has 112 valence electrons. The minimum Gasteiger partial charge on any atom is -0.495 e. The summed E-state index contributed by atoms with van der Waals surface area (Å²) in [6.07, 6.45) is -1.01. The minimum atomic E-state index is -1.01. The van der Waals surface area contributed by atoms with Crippen LogP contribution in [0.2, 0.25) is 0 Å². The number of benzene rings is 1. The third-order valence-electron chi connectivity index (χ3n) is 2.89. The number of ether oxygens (including phenoxy) is 1. The molecular formula is C14H19ClINO3. The molecule has 0 aliphatic heterocycles. The lowest BCUT2D eigenvalue weighted by molar-refractivity contribution is 0.202. The maximum atomic E-state index is 11.4. The van der Waals surface area contributed by atoms with Gasteiger partial charge in [0.05, 0.1) is 10.7 Å². The van der Waals surface area contributed by atoms with Gasteiger partial charge in [-0.3, -0.25) is 4.90 Å². The van der Waals surface area contributed by atoms with Crippen LogP contribution in [0.25, 0.3) is 0 Å². The lowest BCUT2D eigenvalue weighted by Gasteiger charge is -2.26. The third-order valence-corrected chi connectivity index (χ3v) is 3.86. The number of carbonyl (C=O) groups is 1. The van der Waals surface area contributed by atoms with Crippen LogP contribution < -0.4 is 9.64 Å². The lowest BCUT2D eigenvalue weighted by Crippen LogP contribution is -2.31. The molecule has 0 radical (unpaired) electrons. The molecule has 0 spiro atoms. The monoisotopic (exact) mass is 411 g/mol. The molecule has 0 unspecified atom stereocenters. The van der Waals surface area contributed by atoms with E-state index in [1.54, 1.807) is 13.2 Å². The number of anilines is 1. The van der Waals surface area contributed by atoms with Gasteiger partial charge in [0, 0.05) is 23.7 Å². The van der Waals surface area contributed by atoms with Crippen molar-refractivity contribution in [1.82, 2.24) is 0 Å². The number of halogens is 2. The van der Waals surface area contributed by atoms with Crippen LogP contribution in [0.3, 0.4) is 0 Å². The number of nitrogens with zero attached hydrogens (tertiary/aromatic N) is 1. The molecule has 1 N–H and O–H groups in total. The van der Waals surface area contributed by atoms with Gasteiger partial charge in [-0.25, -0.2) is 4.79 Å². The average Bonchev–Trinajstić information content (AvgIpc) is 2.33. The maximum absolute atomic E-state index is 11.4. The van der Waals surface area contributed by atoms with Gasteiger partial charge in [0.1, 0.15) is 5.75 Å². The fraction of sp³-hybridized carbons (Fsp3) is 0.500. The molecule has 0 saturated heterocycles. The normalized spacial score (nSPS) is 11.3. The summed E-state index contributed by atoms with van der Waals surface area (Å²) in [6.45, 7) is 6.45. The molecule has 0 atom stereocenters. The molecule has 0 aromatic heterocycles. The molecule has 0 heterocycles. The summed E-state index contributed by atoms with van der Waals surface area (Å²) < 4.78 is 6.34. The number of rotatable bonds is 4. The number of alkyl halides is 1. The summed E-state index contributed by atoms with van der Waals surface area (Å²) in [7, 11) is 1.63. The van der Waals surface area contributed by atoms with Gasteiger partial charge in [0.15, 0.2) is 0 Å². The van der Waals surface area contributed by atoms with E-state index in [-0.39, 0.29) is 17.8 Å². The summed E-state index contributed by atoms with van der Waals surface area (Å²) in [5, 5.41) is 9.30. The van der Waals surface area contributed by atoms with E-state index in [1.165, 1.54) is 4.90 Å². The molecule has 1 amide bonds. The van der Waals surface area contributed by atoms with Gasteiger partial charge in [-0.1, -0.05) is 20.8 Å². The molecule has 4 nitrogen and oxygen atoms in total. The second kappa shape index (κ2) is 6.85. The highest BCUT2D eigenvalue weighted by molar-refractivity contribution is 14.1. The number of hydrogen-bond acceptors (Lipinski definition) is 2. The van der Waals surface area contributed by atoms with Crippen molar-refractivity contribution in [1.29, 1.82) is 0 Å². The Kier molecular flexibility index (Phi) is 5.94. The van der Waals surface area contributed by atoms with Crippen LogP contribution in [-0.2, 0) is 5.41 Å². The zero-order chi connectivity index (χ0) is 15.5. The molecule has 1 aromatic carbocycles. The largest absolute Gasteiger partial charge is 0.495 e. The van der Waals surface area contributed by atoms with E-state index in [0.717, 1.165) is 14.9 Å². The first kappa shape index (κ1) is 17.4. The predicted molar refractivity (Wildman–Crippen MR) is 90.5 cm³/mol. The Morgan fingerprint density at radius 2 is 2.05 bits per heavy atom. The van der Waals surface area contributed by atoms with Gasteiger partial charge >= 0.3 is 6.09 Å². The molecule has 1 rings (SSSR count). The van der Waals surface area contributed by atoms with Crippen molar-refractivity contribution >= 4 is 46.0 Å². The number of carboxylic acid groups (broad SMARTS) is 1. The zero-order valence-corrected chi connectivity index (χ0v) is 14.9. The number of methoxy groups -OCH3 is 1. The van der Waals surface area contributed by atoms with Gasteiger partial charge in [-0.15, -0.1) is 11.6 Å². The first-order valence-electron chi connectivity index (χ1n) is 6.16. The van der Waals surface area contributed by atoms with Crippen LogP contribution in [0.15, 0.2) is 12.1 Å². The summed E-state index contributed by atoms with van der Waals surface area (Å²) in [5.41, 5.74) is 1.45. The molecule has 20 heavy (non-hydrogen) atoms. The van der Waals surface area contributed by atoms with E-state index in [2.05, 4.69) is 43.4 Å². The van der Waals surface area contributed by atoms with Crippen molar-refractivity contribution in [2.24, 2.45) is 0 Å². The van der Waals surface area contributed by atoms with E-state index in [0.29, 0.717) is 5.69 Å². The SMILES string of the molecule is COc1c(I)cc(N(CCCl)C(=O)O)cc1C(C)(C)C. The minimum absolute atomic E-state index is 0.146. The Morgan fingerprint density at radius 1 is 1.45 bits per heavy atom. The smallest absolute Gasteiger partial charge is 0.411 e. The molecular weight excluding hydrogens is 393 g/mol. The van der Waals surface area contributed by atoms with Crippen molar-refractivity contribution in [3.63, 3.8) is 0 Å².